The second-order valence-corrected chi connectivity index (χ2v) is 7.06. The highest BCUT2D eigenvalue weighted by atomic mass is 32.2. The van der Waals surface area contributed by atoms with Gasteiger partial charge < -0.3 is 23.2 Å². The zero-order valence-corrected chi connectivity index (χ0v) is 16.4. The molecule has 2 atom stereocenters. The van der Waals surface area contributed by atoms with Crippen molar-refractivity contribution in [2.45, 2.75) is 18.7 Å². The van der Waals surface area contributed by atoms with Gasteiger partial charge in [0.05, 0.1) is 50.0 Å². The Labute approximate surface area is 155 Å². The van der Waals surface area contributed by atoms with Crippen molar-refractivity contribution in [1.82, 2.24) is 0 Å². The summed E-state index contributed by atoms with van der Waals surface area (Å²) in [4.78, 5) is 0. The molecule has 0 N–H and O–H groups in total. The lowest BCUT2D eigenvalue weighted by Crippen LogP contribution is -2.48. The Hall–Kier alpha value is -0.670. The molecule has 0 aliphatic rings. The van der Waals surface area contributed by atoms with E-state index >= 15 is 0 Å². The molecule has 0 aliphatic heterocycles. The van der Waals surface area contributed by atoms with Crippen molar-refractivity contribution in [3.8, 4) is 0 Å². The number of alkyl halides is 6. The molecule has 0 aromatic rings. The van der Waals surface area contributed by atoms with Crippen LogP contribution in [-0.4, -0.2) is 92.4 Å². The molecule has 166 valence electrons. The first kappa shape index (κ1) is 28.5. The van der Waals surface area contributed by atoms with Crippen LogP contribution in [0.1, 0.15) is 6.92 Å². The standard InChI is InChI=1S/C11H26NO3.C2HF6NO2S/c1-5-12(2,6-8-13-3)7-9-15-11-10-14-4;3-1(4,5)9-12(10,11)2(6,7)8/h5-11H2,1-4H3;(H,9,10,11)/q+1;/p-1. The zero-order valence-electron chi connectivity index (χ0n) is 15.6. The van der Waals surface area contributed by atoms with Crippen LogP contribution in [0.3, 0.4) is 0 Å². The fraction of sp³-hybridized carbons (Fsp3) is 1.00. The average molecular weight is 436 g/mol. The van der Waals surface area contributed by atoms with Crippen LogP contribution in [0.2, 0.25) is 0 Å². The minimum absolute atomic E-state index is 0.660. The summed E-state index contributed by atoms with van der Waals surface area (Å²) >= 11 is 0. The third-order valence-electron chi connectivity index (χ3n) is 3.32. The maximum atomic E-state index is 11.2. The summed E-state index contributed by atoms with van der Waals surface area (Å²) < 4.78 is 103. The largest absolute Gasteiger partial charge is 0.757 e. The predicted octanol–water partition coefficient (Wildman–Crippen LogP) is 2.39. The Morgan fingerprint density at radius 1 is 0.963 bits per heavy atom. The van der Waals surface area contributed by atoms with E-state index in [4.69, 9.17) is 14.2 Å². The van der Waals surface area contributed by atoms with Crippen LogP contribution >= 0.6 is 0 Å². The number of hydrogen-bond donors (Lipinski definition) is 0. The molecule has 2 unspecified atom stereocenters. The second kappa shape index (κ2) is 12.7. The number of methoxy groups -OCH3 is 2. The Bertz CT molecular complexity index is 508. The third kappa shape index (κ3) is 15.0. The first-order valence-corrected chi connectivity index (χ1v) is 9.09. The fourth-order valence-electron chi connectivity index (χ4n) is 1.46. The lowest BCUT2D eigenvalue weighted by molar-refractivity contribution is -0.908. The van der Waals surface area contributed by atoms with Crippen LogP contribution in [0.5, 0.6) is 0 Å². The minimum atomic E-state index is -6.46. The molecule has 0 bridgehead atoms. The van der Waals surface area contributed by atoms with Crippen LogP contribution in [0.25, 0.3) is 0 Å². The first-order valence-electron chi connectivity index (χ1n) is 7.65. The molecular formula is C13H26F6N2O5S. The Morgan fingerprint density at radius 2 is 1.44 bits per heavy atom. The highest BCUT2D eigenvalue weighted by Gasteiger charge is 2.40. The van der Waals surface area contributed by atoms with E-state index in [0.717, 1.165) is 37.3 Å². The van der Waals surface area contributed by atoms with Gasteiger partial charge in [0, 0.05) is 14.2 Å². The quantitative estimate of drug-likeness (QED) is 0.227. The normalized spacial score (nSPS) is 16.7. The van der Waals surface area contributed by atoms with Crippen molar-refractivity contribution in [2.24, 2.45) is 4.36 Å². The van der Waals surface area contributed by atoms with Gasteiger partial charge in [-0.05, 0) is 6.92 Å². The van der Waals surface area contributed by atoms with Crippen LogP contribution in [0.4, 0.5) is 26.3 Å². The molecule has 0 saturated heterocycles. The van der Waals surface area contributed by atoms with Gasteiger partial charge in [0.15, 0.2) is 0 Å². The lowest BCUT2D eigenvalue weighted by atomic mass is 10.4. The van der Waals surface area contributed by atoms with Crippen molar-refractivity contribution < 1.29 is 53.8 Å². The fourth-order valence-corrected chi connectivity index (χ4v) is 1.83. The Morgan fingerprint density at radius 3 is 1.78 bits per heavy atom. The number of ether oxygens (including phenoxy) is 3. The SMILES string of the molecule is CC[N+](C)(CCOC)CCOCCOC.O=S([O-])(=NC(F)(F)F)C(F)(F)F. The minimum Gasteiger partial charge on any atom is -0.757 e. The molecule has 0 aromatic heterocycles. The molecule has 0 aromatic carbocycles. The topological polar surface area (TPSA) is 80.2 Å². The maximum Gasteiger partial charge on any atom is 0.510 e. The predicted molar refractivity (Wildman–Crippen MR) is 84.5 cm³/mol. The maximum absolute atomic E-state index is 11.2. The summed E-state index contributed by atoms with van der Waals surface area (Å²) in [7, 11) is -0.787. The summed E-state index contributed by atoms with van der Waals surface area (Å²) in [5.41, 5.74) is -6.01. The molecule has 0 amide bonds. The zero-order chi connectivity index (χ0) is 21.8. The van der Waals surface area contributed by atoms with Gasteiger partial charge in [0.2, 0.25) is 0 Å². The number of nitrogens with zero attached hydrogens (tertiary/aromatic N) is 2. The molecule has 0 rings (SSSR count). The van der Waals surface area contributed by atoms with E-state index in [1.807, 2.05) is 0 Å². The number of quaternary nitrogens is 1. The molecule has 0 radical (unpaired) electrons. The van der Waals surface area contributed by atoms with E-state index in [1.165, 1.54) is 0 Å². The summed E-state index contributed by atoms with van der Waals surface area (Å²) in [6, 6.07) is 0. The van der Waals surface area contributed by atoms with Gasteiger partial charge >= 0.3 is 11.8 Å². The van der Waals surface area contributed by atoms with Crippen molar-refractivity contribution >= 4 is 10.0 Å². The average Bonchev–Trinajstić information content (AvgIpc) is 2.50. The molecular weight excluding hydrogens is 410 g/mol. The lowest BCUT2D eigenvalue weighted by Gasteiger charge is -2.33. The van der Waals surface area contributed by atoms with Crippen molar-refractivity contribution in [2.75, 3.05) is 67.3 Å². The summed E-state index contributed by atoms with van der Waals surface area (Å²) in [6.45, 7) is 8.34. The second-order valence-electron chi connectivity index (χ2n) is 5.46. The van der Waals surface area contributed by atoms with Crippen LogP contribution in [0, 0.1) is 0 Å². The first-order chi connectivity index (χ1) is 12.1. The van der Waals surface area contributed by atoms with E-state index < -0.39 is 21.8 Å². The van der Waals surface area contributed by atoms with Gasteiger partial charge in [-0.1, -0.05) is 0 Å². The van der Waals surface area contributed by atoms with Gasteiger partial charge in [-0.3, -0.25) is 4.21 Å². The van der Waals surface area contributed by atoms with Gasteiger partial charge in [-0.15, -0.1) is 17.5 Å². The van der Waals surface area contributed by atoms with E-state index in [0.29, 0.717) is 17.6 Å². The number of likely N-dealkylation sites (N-methyl/N-ethyl adjacent to an activating group) is 1. The number of hydrogen-bond acceptors (Lipinski definition) is 6. The summed E-state index contributed by atoms with van der Waals surface area (Å²) in [5.74, 6) is 0. The van der Waals surface area contributed by atoms with E-state index in [1.54, 1.807) is 14.2 Å². The van der Waals surface area contributed by atoms with E-state index in [9.17, 15) is 35.1 Å². The number of halogens is 6. The molecule has 14 heteroatoms. The van der Waals surface area contributed by atoms with Crippen molar-refractivity contribution in [3.05, 3.63) is 0 Å². The van der Waals surface area contributed by atoms with Gasteiger partial charge in [0.1, 0.15) is 13.1 Å². The van der Waals surface area contributed by atoms with Gasteiger partial charge in [-0.2, -0.15) is 13.2 Å². The molecule has 0 aliphatic carbocycles. The van der Waals surface area contributed by atoms with Crippen LogP contribution < -0.4 is 0 Å². The monoisotopic (exact) mass is 436 g/mol. The Balaban J connectivity index is 0. The van der Waals surface area contributed by atoms with Gasteiger partial charge in [0.25, 0.3) is 0 Å². The highest BCUT2D eigenvalue weighted by molar-refractivity contribution is 7.88. The van der Waals surface area contributed by atoms with Gasteiger partial charge in [-0.25, -0.2) is 0 Å². The molecule has 0 fully saturated rings. The smallest absolute Gasteiger partial charge is 0.510 e. The molecule has 0 spiro atoms. The molecule has 0 heterocycles. The van der Waals surface area contributed by atoms with E-state index in [-0.39, 0.29) is 0 Å². The number of rotatable bonds is 10. The highest BCUT2D eigenvalue weighted by Crippen LogP contribution is 2.28. The van der Waals surface area contributed by atoms with Crippen molar-refractivity contribution in [1.29, 1.82) is 0 Å². The third-order valence-corrected chi connectivity index (χ3v) is 4.35. The van der Waals surface area contributed by atoms with Crippen molar-refractivity contribution in [3.63, 3.8) is 0 Å². The van der Waals surface area contributed by atoms with Crippen LogP contribution in [0.15, 0.2) is 4.36 Å². The van der Waals surface area contributed by atoms with Crippen LogP contribution in [-0.2, 0) is 24.2 Å². The molecule has 27 heavy (non-hydrogen) atoms. The van der Waals surface area contributed by atoms with E-state index in [2.05, 4.69) is 14.0 Å². The molecule has 0 saturated carbocycles. The summed E-state index contributed by atoms with van der Waals surface area (Å²) in [5, 5.41) is 0. The molecule has 7 nitrogen and oxygen atoms in total. The Kier molecular flexibility index (Phi) is 13.4. The summed E-state index contributed by atoms with van der Waals surface area (Å²) in [6.07, 6.45) is -5.74.